The Morgan fingerprint density at radius 3 is 2.73 bits per heavy atom. The molecule has 90 valence electrons. The van der Waals surface area contributed by atoms with Crippen LogP contribution in [0.3, 0.4) is 0 Å². The topological polar surface area (TPSA) is 72.2 Å². The maximum Gasteiger partial charge on any atom is 0.211 e. The van der Waals surface area contributed by atoms with Crippen LogP contribution >= 0.6 is 0 Å². The minimum Gasteiger partial charge on any atom is -0.330 e. The van der Waals surface area contributed by atoms with Gasteiger partial charge in [-0.05, 0) is 31.7 Å². The summed E-state index contributed by atoms with van der Waals surface area (Å²) in [6.07, 6.45) is 4.72. The first-order valence-electron chi connectivity index (χ1n) is 5.79. The van der Waals surface area contributed by atoms with E-state index >= 15 is 0 Å². The molecule has 0 spiro atoms. The van der Waals surface area contributed by atoms with Gasteiger partial charge in [0, 0.05) is 6.04 Å². The van der Waals surface area contributed by atoms with Gasteiger partial charge >= 0.3 is 0 Å². The third-order valence-electron chi connectivity index (χ3n) is 3.06. The van der Waals surface area contributed by atoms with E-state index in [1.54, 1.807) is 0 Å². The molecule has 0 saturated heterocycles. The number of unbranched alkanes of at least 4 members (excludes halogenated alkanes) is 1. The number of sulfonamides is 1. The summed E-state index contributed by atoms with van der Waals surface area (Å²) in [6, 6.07) is 0.0804. The van der Waals surface area contributed by atoms with E-state index < -0.39 is 10.0 Å². The van der Waals surface area contributed by atoms with Gasteiger partial charge in [-0.2, -0.15) is 0 Å². The van der Waals surface area contributed by atoms with Crippen molar-refractivity contribution in [3.63, 3.8) is 0 Å². The highest BCUT2D eigenvalue weighted by atomic mass is 32.2. The lowest BCUT2D eigenvalue weighted by molar-refractivity contribution is 0.452. The third kappa shape index (κ3) is 4.09. The monoisotopic (exact) mass is 234 g/mol. The van der Waals surface area contributed by atoms with E-state index in [1.165, 1.54) is 0 Å². The van der Waals surface area contributed by atoms with E-state index in [9.17, 15) is 8.42 Å². The molecule has 2 unspecified atom stereocenters. The minimum atomic E-state index is -3.08. The summed E-state index contributed by atoms with van der Waals surface area (Å²) >= 11 is 0. The first kappa shape index (κ1) is 12.9. The smallest absolute Gasteiger partial charge is 0.211 e. The Hall–Kier alpha value is -0.130. The summed E-state index contributed by atoms with van der Waals surface area (Å²) < 4.78 is 26.1. The molecule has 1 fully saturated rings. The molecule has 0 aromatic rings. The number of nitrogens with one attached hydrogen (secondary N) is 1. The summed E-state index contributed by atoms with van der Waals surface area (Å²) in [5, 5.41) is 0. The Balaban J connectivity index is 2.45. The molecule has 0 aromatic heterocycles. The number of rotatable bonds is 6. The van der Waals surface area contributed by atoms with Crippen LogP contribution in [0, 0.1) is 5.92 Å². The van der Waals surface area contributed by atoms with Crippen molar-refractivity contribution in [3.05, 3.63) is 0 Å². The molecule has 0 bridgehead atoms. The molecule has 0 aliphatic heterocycles. The minimum absolute atomic E-state index is 0.0804. The molecular weight excluding hydrogens is 212 g/mol. The highest BCUT2D eigenvalue weighted by Crippen LogP contribution is 2.25. The van der Waals surface area contributed by atoms with Crippen LogP contribution in [-0.2, 0) is 10.0 Å². The van der Waals surface area contributed by atoms with Crippen LogP contribution in [0.2, 0.25) is 0 Å². The van der Waals surface area contributed by atoms with Gasteiger partial charge in [0.2, 0.25) is 10.0 Å². The van der Waals surface area contributed by atoms with Crippen LogP contribution in [0.25, 0.3) is 0 Å². The van der Waals surface area contributed by atoms with Crippen LogP contribution in [0.15, 0.2) is 0 Å². The summed E-state index contributed by atoms with van der Waals surface area (Å²) in [7, 11) is -3.08. The highest BCUT2D eigenvalue weighted by molar-refractivity contribution is 7.89. The molecule has 3 N–H and O–H groups in total. The molecule has 4 nitrogen and oxygen atoms in total. The summed E-state index contributed by atoms with van der Waals surface area (Å²) in [6.45, 7) is 2.58. The lowest BCUT2D eigenvalue weighted by atomic mass is 10.1. The first-order chi connectivity index (χ1) is 7.09. The molecule has 0 heterocycles. The van der Waals surface area contributed by atoms with Crippen LogP contribution < -0.4 is 10.5 Å². The second-order valence-electron chi connectivity index (χ2n) is 4.32. The molecule has 5 heteroatoms. The molecule has 1 aliphatic carbocycles. The largest absolute Gasteiger partial charge is 0.330 e. The summed E-state index contributed by atoms with van der Waals surface area (Å²) in [4.78, 5) is 0. The molecule has 0 aromatic carbocycles. The van der Waals surface area contributed by atoms with Gasteiger partial charge in [-0.25, -0.2) is 13.1 Å². The van der Waals surface area contributed by atoms with Crippen molar-refractivity contribution < 1.29 is 8.42 Å². The molecule has 1 aliphatic rings. The van der Waals surface area contributed by atoms with Gasteiger partial charge < -0.3 is 5.73 Å². The van der Waals surface area contributed by atoms with Crippen molar-refractivity contribution in [1.82, 2.24) is 4.72 Å². The maximum absolute atomic E-state index is 11.7. The van der Waals surface area contributed by atoms with E-state index in [0.29, 0.717) is 12.5 Å². The third-order valence-corrected chi connectivity index (χ3v) is 4.55. The van der Waals surface area contributed by atoms with Gasteiger partial charge in [0.1, 0.15) is 0 Å². The lowest BCUT2D eigenvalue weighted by Crippen LogP contribution is -2.40. The van der Waals surface area contributed by atoms with E-state index in [1.807, 2.05) is 6.92 Å². The Morgan fingerprint density at radius 1 is 1.40 bits per heavy atom. The Morgan fingerprint density at radius 2 is 2.13 bits per heavy atom. The van der Waals surface area contributed by atoms with Crippen LogP contribution in [0.1, 0.15) is 39.0 Å². The van der Waals surface area contributed by atoms with Gasteiger partial charge in [0.15, 0.2) is 0 Å². The van der Waals surface area contributed by atoms with Gasteiger partial charge in [-0.15, -0.1) is 0 Å². The predicted octanol–water partition coefficient (Wildman–Crippen LogP) is 0.833. The molecular formula is C10H22N2O2S. The van der Waals surface area contributed by atoms with Crippen molar-refractivity contribution in [2.45, 2.75) is 45.1 Å². The number of hydrogen-bond acceptors (Lipinski definition) is 3. The zero-order chi connectivity index (χ0) is 11.3. The van der Waals surface area contributed by atoms with Crippen molar-refractivity contribution in [1.29, 1.82) is 0 Å². The van der Waals surface area contributed by atoms with Crippen LogP contribution in [0.4, 0.5) is 0 Å². The van der Waals surface area contributed by atoms with E-state index in [4.69, 9.17) is 5.73 Å². The molecule has 0 radical (unpaired) electrons. The Kier molecular flexibility index (Phi) is 5.02. The standard InChI is InChI=1S/C10H22N2O2S/c1-2-3-7-15(13,14)12-10-6-4-5-9(10)8-11/h9-10,12H,2-8,11H2,1H3. The summed E-state index contributed by atoms with van der Waals surface area (Å²) in [5.41, 5.74) is 5.61. The van der Waals surface area contributed by atoms with Crippen molar-refractivity contribution >= 4 is 10.0 Å². The van der Waals surface area contributed by atoms with E-state index in [-0.39, 0.29) is 11.8 Å². The predicted molar refractivity (Wildman–Crippen MR) is 62.0 cm³/mol. The average molecular weight is 234 g/mol. The molecule has 15 heavy (non-hydrogen) atoms. The highest BCUT2D eigenvalue weighted by Gasteiger charge is 2.29. The van der Waals surface area contributed by atoms with Gasteiger partial charge in [0.05, 0.1) is 5.75 Å². The fourth-order valence-corrected chi connectivity index (χ4v) is 3.66. The van der Waals surface area contributed by atoms with E-state index in [0.717, 1.165) is 32.1 Å². The zero-order valence-electron chi connectivity index (χ0n) is 9.41. The second-order valence-corrected chi connectivity index (χ2v) is 6.20. The molecule has 1 saturated carbocycles. The molecule has 0 amide bonds. The Labute approximate surface area is 92.7 Å². The van der Waals surface area contributed by atoms with Crippen LogP contribution in [0.5, 0.6) is 0 Å². The van der Waals surface area contributed by atoms with E-state index in [2.05, 4.69) is 4.72 Å². The van der Waals surface area contributed by atoms with Crippen molar-refractivity contribution in [2.75, 3.05) is 12.3 Å². The van der Waals surface area contributed by atoms with Crippen LogP contribution in [-0.4, -0.2) is 26.8 Å². The summed E-state index contributed by atoms with van der Waals surface area (Å²) in [5.74, 6) is 0.582. The quantitative estimate of drug-likeness (QED) is 0.715. The lowest BCUT2D eigenvalue weighted by Gasteiger charge is -2.19. The average Bonchev–Trinajstić information content (AvgIpc) is 2.61. The number of nitrogens with two attached hydrogens (primary N) is 1. The Bertz CT molecular complexity index is 277. The first-order valence-corrected chi connectivity index (χ1v) is 7.44. The molecule has 1 rings (SSSR count). The molecule has 2 atom stereocenters. The SMILES string of the molecule is CCCCS(=O)(=O)NC1CCCC1CN. The van der Waals surface area contributed by atoms with Gasteiger partial charge in [-0.3, -0.25) is 0 Å². The van der Waals surface area contributed by atoms with Gasteiger partial charge in [-0.1, -0.05) is 19.8 Å². The number of hydrogen-bond donors (Lipinski definition) is 2. The fraction of sp³-hybridized carbons (Fsp3) is 1.00. The van der Waals surface area contributed by atoms with Crippen molar-refractivity contribution in [3.8, 4) is 0 Å². The zero-order valence-corrected chi connectivity index (χ0v) is 10.2. The maximum atomic E-state index is 11.7. The van der Waals surface area contributed by atoms with Crippen molar-refractivity contribution in [2.24, 2.45) is 11.7 Å². The second kappa shape index (κ2) is 5.82. The fourth-order valence-electron chi connectivity index (χ4n) is 2.10. The normalized spacial score (nSPS) is 27.1. The van der Waals surface area contributed by atoms with Gasteiger partial charge in [0.25, 0.3) is 0 Å².